The zero-order valence-corrected chi connectivity index (χ0v) is 13.4. The Kier molecular flexibility index (Phi) is 5.22. The van der Waals surface area contributed by atoms with E-state index in [-0.39, 0.29) is 0 Å². The summed E-state index contributed by atoms with van der Waals surface area (Å²) in [5.74, 6) is 1.12. The van der Waals surface area contributed by atoms with Crippen LogP contribution < -0.4 is 9.47 Å². The Morgan fingerprint density at radius 2 is 2.05 bits per heavy atom. The van der Waals surface area contributed by atoms with Crippen molar-refractivity contribution in [3.05, 3.63) is 57.6 Å². The number of ether oxygens (including phenoxy) is 2. The lowest BCUT2D eigenvalue weighted by Gasteiger charge is -2.14. The Hall–Kier alpha value is -2.01. The maximum absolute atomic E-state index is 8.79. The van der Waals surface area contributed by atoms with E-state index in [0.29, 0.717) is 23.7 Å². The van der Waals surface area contributed by atoms with Gasteiger partial charge in [-0.3, -0.25) is 0 Å². The molecule has 2 aromatic rings. The van der Waals surface area contributed by atoms with Crippen LogP contribution in [0.2, 0.25) is 0 Å². The van der Waals surface area contributed by atoms with Gasteiger partial charge in [-0.1, -0.05) is 45.4 Å². The molecule has 2 rings (SSSR count). The van der Waals surface area contributed by atoms with Crippen molar-refractivity contribution in [3.8, 4) is 11.5 Å². The first-order valence-electron chi connectivity index (χ1n) is 6.38. The minimum absolute atomic E-state index is 0.414. The first-order valence-corrected chi connectivity index (χ1v) is 7.17. The Morgan fingerprint density at radius 3 is 2.71 bits per heavy atom. The van der Waals surface area contributed by atoms with Crippen molar-refractivity contribution in [3.63, 3.8) is 0 Å². The highest BCUT2D eigenvalue weighted by Gasteiger charge is 2.12. The van der Waals surface area contributed by atoms with Gasteiger partial charge in [0.15, 0.2) is 11.5 Å². The lowest BCUT2D eigenvalue weighted by atomic mass is 10.1. The number of hydrogen-bond acceptors (Lipinski definition) is 4. The minimum Gasteiger partial charge on any atom is -0.493 e. The molecule has 21 heavy (non-hydrogen) atoms. The molecule has 0 amide bonds. The topological polar surface area (TPSA) is 51.0 Å². The van der Waals surface area contributed by atoms with Crippen molar-refractivity contribution >= 4 is 22.1 Å². The third-order valence-electron chi connectivity index (χ3n) is 3.10. The van der Waals surface area contributed by atoms with E-state index in [1.54, 1.807) is 13.2 Å². The van der Waals surface area contributed by atoms with Gasteiger partial charge in [0.2, 0.25) is 0 Å². The molecule has 0 aromatic heterocycles. The first-order chi connectivity index (χ1) is 10.2. The second-order valence-corrected chi connectivity index (χ2v) is 5.40. The van der Waals surface area contributed by atoms with Crippen molar-refractivity contribution in [2.24, 2.45) is 5.16 Å². The molecule has 0 aliphatic carbocycles. The molecular formula is C16H16BrNO3. The van der Waals surface area contributed by atoms with E-state index in [1.807, 2.05) is 37.3 Å². The maximum atomic E-state index is 8.79. The largest absolute Gasteiger partial charge is 0.493 e. The van der Waals surface area contributed by atoms with Crippen molar-refractivity contribution in [1.82, 2.24) is 0 Å². The van der Waals surface area contributed by atoms with E-state index in [4.69, 9.17) is 14.7 Å². The van der Waals surface area contributed by atoms with Crippen molar-refractivity contribution in [2.75, 3.05) is 7.11 Å². The van der Waals surface area contributed by atoms with Crippen LogP contribution in [-0.4, -0.2) is 18.5 Å². The van der Waals surface area contributed by atoms with E-state index < -0.39 is 0 Å². The maximum Gasteiger partial charge on any atom is 0.170 e. The molecule has 0 unspecified atom stereocenters. The highest BCUT2D eigenvalue weighted by atomic mass is 79.9. The molecular weight excluding hydrogens is 334 g/mol. The second kappa shape index (κ2) is 7.13. The number of halogens is 1. The van der Waals surface area contributed by atoms with Crippen LogP contribution in [0.5, 0.6) is 11.5 Å². The number of aryl methyl sites for hydroxylation is 1. The average molecular weight is 350 g/mol. The van der Waals surface area contributed by atoms with Gasteiger partial charge >= 0.3 is 0 Å². The molecule has 1 N–H and O–H groups in total. The van der Waals surface area contributed by atoms with Gasteiger partial charge in [-0.2, -0.15) is 0 Å². The summed E-state index contributed by atoms with van der Waals surface area (Å²) >= 11 is 3.39. The molecule has 2 aromatic carbocycles. The molecule has 0 saturated heterocycles. The highest BCUT2D eigenvalue weighted by Crippen LogP contribution is 2.34. The predicted molar refractivity (Wildman–Crippen MR) is 85.6 cm³/mol. The van der Waals surface area contributed by atoms with Gasteiger partial charge in [-0.25, -0.2) is 0 Å². The van der Waals surface area contributed by atoms with E-state index in [0.717, 1.165) is 15.6 Å². The fourth-order valence-corrected chi connectivity index (χ4v) is 2.43. The summed E-state index contributed by atoms with van der Waals surface area (Å²) in [4.78, 5) is 0. The lowest BCUT2D eigenvalue weighted by molar-refractivity contribution is 0.282. The van der Waals surface area contributed by atoms with Gasteiger partial charge in [-0.05, 0) is 30.2 Å². The lowest BCUT2D eigenvalue weighted by Crippen LogP contribution is -2.02. The Morgan fingerprint density at radius 1 is 1.29 bits per heavy atom. The molecule has 0 fully saturated rings. The number of hydrogen-bond donors (Lipinski definition) is 1. The van der Waals surface area contributed by atoms with E-state index in [2.05, 4.69) is 21.1 Å². The summed E-state index contributed by atoms with van der Waals surface area (Å²) in [6.45, 7) is 2.45. The van der Waals surface area contributed by atoms with E-state index in [1.165, 1.54) is 6.21 Å². The first kappa shape index (κ1) is 15.4. The summed E-state index contributed by atoms with van der Waals surface area (Å²) in [6.07, 6.45) is 1.32. The second-order valence-electron chi connectivity index (χ2n) is 4.49. The zero-order chi connectivity index (χ0) is 15.2. The summed E-state index contributed by atoms with van der Waals surface area (Å²) < 4.78 is 12.0. The summed E-state index contributed by atoms with van der Waals surface area (Å²) in [5.41, 5.74) is 2.89. The molecule has 0 aliphatic rings. The van der Waals surface area contributed by atoms with Crippen molar-refractivity contribution < 1.29 is 14.7 Å². The summed E-state index contributed by atoms with van der Waals surface area (Å²) in [7, 11) is 1.57. The molecule has 4 nitrogen and oxygen atoms in total. The van der Waals surface area contributed by atoms with Crippen LogP contribution in [-0.2, 0) is 6.61 Å². The van der Waals surface area contributed by atoms with Crippen LogP contribution in [0.15, 0.2) is 46.0 Å². The monoisotopic (exact) mass is 349 g/mol. The Labute approximate surface area is 132 Å². The number of methoxy groups -OCH3 is 1. The number of nitrogens with zero attached hydrogens (tertiary/aromatic N) is 1. The van der Waals surface area contributed by atoms with Crippen molar-refractivity contribution in [2.45, 2.75) is 13.5 Å². The van der Waals surface area contributed by atoms with Crippen LogP contribution in [0.4, 0.5) is 0 Å². The minimum atomic E-state index is 0.414. The highest BCUT2D eigenvalue weighted by molar-refractivity contribution is 9.10. The predicted octanol–water partition coefficient (Wildman–Crippen LogP) is 4.15. The van der Waals surface area contributed by atoms with Gasteiger partial charge in [-0.15, -0.1) is 0 Å². The fraction of sp³-hybridized carbons (Fsp3) is 0.188. The molecule has 0 spiro atoms. The SMILES string of the molecule is COc1cc(Br)cc(C=NO)c1OCc1ccccc1C. The van der Waals surface area contributed by atoms with Crippen LogP contribution in [0.25, 0.3) is 0 Å². The molecule has 0 atom stereocenters. The van der Waals surface area contributed by atoms with Gasteiger partial charge in [0.1, 0.15) is 6.61 Å². The quantitative estimate of drug-likeness (QED) is 0.501. The van der Waals surface area contributed by atoms with Gasteiger partial charge in [0.25, 0.3) is 0 Å². The number of benzene rings is 2. The third kappa shape index (κ3) is 3.76. The standard InChI is InChI=1S/C16H16BrNO3/c1-11-5-3-4-6-12(11)10-21-16-13(9-18-19)7-14(17)8-15(16)20-2/h3-9,19H,10H2,1-2H3. The van der Waals surface area contributed by atoms with Crippen LogP contribution in [0, 0.1) is 6.92 Å². The van der Waals surface area contributed by atoms with Gasteiger partial charge in [0.05, 0.1) is 13.3 Å². The molecule has 0 radical (unpaired) electrons. The summed E-state index contributed by atoms with van der Waals surface area (Å²) in [6, 6.07) is 11.6. The molecule has 0 bridgehead atoms. The molecule has 0 saturated carbocycles. The van der Waals surface area contributed by atoms with Crippen LogP contribution in [0.3, 0.4) is 0 Å². The zero-order valence-electron chi connectivity index (χ0n) is 11.8. The van der Waals surface area contributed by atoms with Gasteiger partial charge in [0, 0.05) is 10.0 Å². The number of rotatable bonds is 5. The fourth-order valence-electron chi connectivity index (χ4n) is 1.97. The molecule has 0 heterocycles. The normalized spacial score (nSPS) is 10.8. The Balaban J connectivity index is 2.32. The van der Waals surface area contributed by atoms with E-state index in [9.17, 15) is 0 Å². The van der Waals surface area contributed by atoms with Gasteiger partial charge < -0.3 is 14.7 Å². The smallest absolute Gasteiger partial charge is 0.170 e. The average Bonchev–Trinajstić information content (AvgIpc) is 2.47. The Bertz CT molecular complexity index is 656. The number of oxime groups is 1. The molecule has 0 aliphatic heterocycles. The molecule has 5 heteroatoms. The molecule has 110 valence electrons. The van der Waals surface area contributed by atoms with Crippen LogP contribution in [0.1, 0.15) is 16.7 Å². The third-order valence-corrected chi connectivity index (χ3v) is 3.56. The van der Waals surface area contributed by atoms with Crippen molar-refractivity contribution in [1.29, 1.82) is 0 Å². The van der Waals surface area contributed by atoms with Crippen LogP contribution >= 0.6 is 15.9 Å². The summed E-state index contributed by atoms with van der Waals surface area (Å²) in [5, 5.41) is 11.9. The van der Waals surface area contributed by atoms with E-state index >= 15 is 0 Å².